The van der Waals surface area contributed by atoms with Crippen LogP contribution >= 0.6 is 0 Å². The van der Waals surface area contributed by atoms with Gasteiger partial charge < -0.3 is 10.3 Å². The van der Waals surface area contributed by atoms with Crippen LogP contribution in [-0.2, 0) is 13.1 Å². The van der Waals surface area contributed by atoms with Crippen LogP contribution in [0.25, 0.3) is 11.0 Å². The van der Waals surface area contributed by atoms with Crippen molar-refractivity contribution in [1.29, 1.82) is 0 Å². The van der Waals surface area contributed by atoms with E-state index in [4.69, 9.17) is 5.73 Å². The van der Waals surface area contributed by atoms with Crippen molar-refractivity contribution >= 4 is 11.0 Å². The van der Waals surface area contributed by atoms with Gasteiger partial charge in [0.15, 0.2) is 0 Å². The van der Waals surface area contributed by atoms with Crippen LogP contribution in [0, 0.1) is 0 Å². The minimum atomic E-state index is -2.60. The zero-order valence-electron chi connectivity index (χ0n) is 10.6. The van der Waals surface area contributed by atoms with Crippen LogP contribution in [0.4, 0.5) is 8.78 Å². The third kappa shape index (κ3) is 2.05. The molecule has 0 aromatic carbocycles. The van der Waals surface area contributed by atoms with E-state index in [0.717, 1.165) is 21.2 Å². The fourth-order valence-electron chi connectivity index (χ4n) is 2.27. The molecule has 0 amide bonds. The molecule has 0 atom stereocenters. The molecule has 104 valence electrons. The average molecular weight is 277 g/mol. The number of fused-ring (bicyclic) bond motifs is 1. The van der Waals surface area contributed by atoms with Crippen molar-refractivity contribution in [2.24, 2.45) is 5.73 Å². The topological polar surface area (TPSA) is 61.7 Å². The molecule has 2 N–H and O–H groups in total. The third-order valence-corrected chi connectivity index (χ3v) is 3.21. The molecule has 0 radical (unpaired) electrons. The van der Waals surface area contributed by atoms with Gasteiger partial charge in [-0.3, -0.25) is 4.57 Å². The van der Waals surface area contributed by atoms with Crippen molar-refractivity contribution in [3.8, 4) is 0 Å². The molecule has 0 aliphatic heterocycles. The van der Waals surface area contributed by atoms with Crippen LogP contribution in [-0.4, -0.2) is 19.1 Å². The SMILES string of the molecule is NCc1cn(Cc2nccn2C(F)F)c2ncccc12. The van der Waals surface area contributed by atoms with E-state index >= 15 is 0 Å². The first kappa shape index (κ1) is 12.7. The summed E-state index contributed by atoms with van der Waals surface area (Å²) in [5.41, 5.74) is 7.35. The lowest BCUT2D eigenvalue weighted by atomic mass is 10.2. The van der Waals surface area contributed by atoms with E-state index in [0.29, 0.717) is 6.54 Å². The molecule has 0 spiro atoms. The molecule has 0 fully saturated rings. The Labute approximate surface area is 113 Å². The number of hydrogen-bond donors (Lipinski definition) is 1. The smallest absolute Gasteiger partial charge is 0.319 e. The molecule has 0 saturated heterocycles. The first-order valence-electron chi connectivity index (χ1n) is 6.13. The zero-order chi connectivity index (χ0) is 14.1. The highest BCUT2D eigenvalue weighted by Gasteiger charge is 2.14. The molecule has 0 unspecified atom stereocenters. The number of nitrogens with zero attached hydrogens (tertiary/aromatic N) is 4. The summed E-state index contributed by atoms with van der Waals surface area (Å²) in [7, 11) is 0. The Bertz CT molecular complexity index is 731. The van der Waals surface area contributed by atoms with E-state index in [1.165, 1.54) is 12.4 Å². The van der Waals surface area contributed by atoms with Gasteiger partial charge in [0.25, 0.3) is 0 Å². The number of alkyl halides is 2. The first-order valence-corrected chi connectivity index (χ1v) is 6.13. The van der Waals surface area contributed by atoms with E-state index in [-0.39, 0.29) is 12.4 Å². The minimum absolute atomic E-state index is 0.227. The number of imidazole rings is 1. The molecule has 3 aromatic heterocycles. The molecule has 0 bridgehead atoms. The van der Waals surface area contributed by atoms with Crippen molar-refractivity contribution in [3.05, 3.63) is 48.3 Å². The Morgan fingerprint density at radius 3 is 2.85 bits per heavy atom. The van der Waals surface area contributed by atoms with Gasteiger partial charge >= 0.3 is 6.55 Å². The summed E-state index contributed by atoms with van der Waals surface area (Å²) < 4.78 is 28.3. The summed E-state index contributed by atoms with van der Waals surface area (Å²) >= 11 is 0. The predicted octanol–water partition coefficient (Wildman–Crippen LogP) is 2.13. The molecule has 3 heterocycles. The van der Waals surface area contributed by atoms with Gasteiger partial charge in [0, 0.05) is 36.7 Å². The monoisotopic (exact) mass is 277 g/mol. The quantitative estimate of drug-likeness (QED) is 0.794. The van der Waals surface area contributed by atoms with Crippen molar-refractivity contribution in [3.63, 3.8) is 0 Å². The summed E-state index contributed by atoms with van der Waals surface area (Å²) in [6.45, 7) is -2.00. The van der Waals surface area contributed by atoms with Gasteiger partial charge in [-0.2, -0.15) is 8.78 Å². The molecule has 5 nitrogen and oxygen atoms in total. The Hall–Kier alpha value is -2.28. The van der Waals surface area contributed by atoms with Gasteiger partial charge in [0.1, 0.15) is 11.5 Å². The first-order chi connectivity index (χ1) is 9.70. The Morgan fingerprint density at radius 2 is 2.10 bits per heavy atom. The van der Waals surface area contributed by atoms with E-state index < -0.39 is 6.55 Å². The highest BCUT2D eigenvalue weighted by Crippen LogP contribution is 2.21. The number of pyridine rings is 1. The normalized spacial score (nSPS) is 11.6. The number of hydrogen-bond acceptors (Lipinski definition) is 3. The Balaban J connectivity index is 2.05. The van der Waals surface area contributed by atoms with Gasteiger partial charge in [0.05, 0.1) is 6.54 Å². The number of nitrogens with two attached hydrogens (primary N) is 1. The summed E-state index contributed by atoms with van der Waals surface area (Å²) in [5, 5.41) is 0.935. The minimum Gasteiger partial charge on any atom is -0.326 e. The largest absolute Gasteiger partial charge is 0.326 e. The lowest BCUT2D eigenvalue weighted by molar-refractivity contribution is 0.0667. The van der Waals surface area contributed by atoms with E-state index in [1.54, 1.807) is 10.8 Å². The summed E-state index contributed by atoms with van der Waals surface area (Å²) in [4.78, 5) is 8.27. The average Bonchev–Trinajstić information content (AvgIpc) is 3.04. The molecular formula is C13H13F2N5. The van der Waals surface area contributed by atoms with Gasteiger partial charge in [-0.1, -0.05) is 0 Å². The van der Waals surface area contributed by atoms with Gasteiger partial charge in [-0.05, 0) is 17.7 Å². The van der Waals surface area contributed by atoms with Crippen molar-refractivity contribution < 1.29 is 8.78 Å². The predicted molar refractivity (Wildman–Crippen MR) is 70.2 cm³/mol. The molecule has 0 aliphatic rings. The second-order valence-electron chi connectivity index (χ2n) is 4.39. The maximum atomic E-state index is 12.8. The zero-order valence-corrected chi connectivity index (χ0v) is 10.6. The van der Waals surface area contributed by atoms with Crippen LogP contribution < -0.4 is 5.73 Å². The van der Waals surface area contributed by atoms with E-state index in [1.807, 2.05) is 18.3 Å². The second-order valence-corrected chi connectivity index (χ2v) is 4.39. The molecule has 3 aromatic rings. The van der Waals surface area contributed by atoms with Crippen LogP contribution in [0.3, 0.4) is 0 Å². The van der Waals surface area contributed by atoms with Crippen molar-refractivity contribution in [1.82, 2.24) is 19.1 Å². The standard InChI is InChI=1S/C13H13F2N5/c14-13(15)20-5-4-17-11(20)8-19-7-9(6-16)10-2-1-3-18-12(10)19/h1-5,7,13H,6,8,16H2. The maximum absolute atomic E-state index is 12.8. The molecule has 20 heavy (non-hydrogen) atoms. The maximum Gasteiger partial charge on any atom is 0.319 e. The lowest BCUT2D eigenvalue weighted by Gasteiger charge is -2.07. The fraction of sp³-hybridized carbons (Fsp3) is 0.231. The summed E-state index contributed by atoms with van der Waals surface area (Å²) in [6, 6.07) is 3.74. The van der Waals surface area contributed by atoms with Crippen LogP contribution in [0.5, 0.6) is 0 Å². The number of halogens is 2. The Kier molecular flexibility index (Phi) is 3.19. The molecule has 7 heteroatoms. The van der Waals surface area contributed by atoms with Crippen LogP contribution in [0.1, 0.15) is 17.9 Å². The van der Waals surface area contributed by atoms with E-state index in [2.05, 4.69) is 9.97 Å². The van der Waals surface area contributed by atoms with E-state index in [9.17, 15) is 8.78 Å². The van der Waals surface area contributed by atoms with Gasteiger partial charge in [-0.25, -0.2) is 9.97 Å². The van der Waals surface area contributed by atoms with Crippen LogP contribution in [0.2, 0.25) is 0 Å². The fourth-order valence-corrected chi connectivity index (χ4v) is 2.27. The van der Waals surface area contributed by atoms with Crippen molar-refractivity contribution in [2.45, 2.75) is 19.6 Å². The van der Waals surface area contributed by atoms with Crippen LogP contribution in [0.15, 0.2) is 36.9 Å². The molecule has 0 aliphatic carbocycles. The van der Waals surface area contributed by atoms with Gasteiger partial charge in [0.2, 0.25) is 0 Å². The number of rotatable bonds is 4. The highest BCUT2D eigenvalue weighted by molar-refractivity contribution is 5.80. The van der Waals surface area contributed by atoms with Gasteiger partial charge in [-0.15, -0.1) is 0 Å². The molecule has 0 saturated carbocycles. The molecule has 3 rings (SSSR count). The lowest BCUT2D eigenvalue weighted by Crippen LogP contribution is -2.08. The summed E-state index contributed by atoms with van der Waals surface area (Å²) in [6.07, 6.45) is 6.13. The highest BCUT2D eigenvalue weighted by atomic mass is 19.3. The van der Waals surface area contributed by atoms with Crippen molar-refractivity contribution in [2.75, 3.05) is 0 Å². The summed E-state index contributed by atoms with van der Waals surface area (Å²) in [5.74, 6) is 0.283. The second kappa shape index (κ2) is 5.01. The Morgan fingerprint density at radius 1 is 1.25 bits per heavy atom. The number of aromatic nitrogens is 4. The third-order valence-electron chi connectivity index (χ3n) is 3.21. The molecular weight excluding hydrogens is 264 g/mol.